The molecule has 3 heterocycles. The maximum atomic E-state index is 10.1. The zero-order chi connectivity index (χ0) is 12.0. The van der Waals surface area contributed by atoms with Crippen LogP contribution >= 0.6 is 0 Å². The third-order valence-corrected chi connectivity index (χ3v) is 3.76. The van der Waals surface area contributed by atoms with Gasteiger partial charge in [-0.3, -0.25) is 0 Å². The van der Waals surface area contributed by atoms with Crippen LogP contribution in [0.2, 0.25) is 0 Å². The second-order valence-corrected chi connectivity index (χ2v) is 5.37. The molecule has 0 amide bonds. The molecule has 0 radical (unpaired) electrons. The van der Waals surface area contributed by atoms with Gasteiger partial charge in [-0.1, -0.05) is 12.1 Å². The first-order chi connectivity index (χ1) is 8.08. The first-order valence-electron chi connectivity index (χ1n) is 5.99. The number of nitrogens with zero attached hydrogens (tertiary/aromatic N) is 4. The van der Waals surface area contributed by atoms with Gasteiger partial charge in [-0.25, -0.2) is 4.68 Å². The normalized spacial score (nSPS) is 32.6. The second-order valence-electron chi connectivity index (χ2n) is 5.37. The van der Waals surface area contributed by atoms with Crippen molar-refractivity contribution in [2.24, 2.45) is 5.92 Å². The average molecular weight is 238 g/mol. The molecule has 0 spiro atoms. The minimum Gasteiger partial charge on any atom is -0.379 e. The fourth-order valence-electron chi connectivity index (χ4n) is 2.63. The molecule has 2 fully saturated rings. The summed E-state index contributed by atoms with van der Waals surface area (Å²) in [6, 6.07) is 0.353. The molecule has 2 unspecified atom stereocenters. The van der Waals surface area contributed by atoms with E-state index in [-0.39, 0.29) is 0 Å². The van der Waals surface area contributed by atoms with Crippen LogP contribution in [-0.4, -0.2) is 58.4 Å². The molecular weight excluding hydrogens is 220 g/mol. The van der Waals surface area contributed by atoms with E-state index >= 15 is 0 Å². The molecule has 1 aromatic rings. The van der Waals surface area contributed by atoms with Crippen molar-refractivity contribution in [3.8, 4) is 0 Å². The molecule has 0 aliphatic carbocycles. The third kappa shape index (κ3) is 1.76. The smallest absolute Gasteiger partial charge is 0.156 e. The van der Waals surface area contributed by atoms with Gasteiger partial charge in [-0.15, -0.1) is 5.10 Å². The van der Waals surface area contributed by atoms with Crippen LogP contribution in [0.3, 0.4) is 0 Å². The molecule has 2 atom stereocenters. The van der Waals surface area contributed by atoms with E-state index in [0.717, 1.165) is 13.1 Å². The summed E-state index contributed by atoms with van der Waals surface area (Å²) in [7, 11) is 2.11. The second kappa shape index (κ2) is 3.76. The highest BCUT2D eigenvalue weighted by molar-refractivity contribution is 5.11. The molecule has 0 aromatic carbocycles. The maximum absolute atomic E-state index is 10.1. The van der Waals surface area contributed by atoms with Gasteiger partial charge in [0.25, 0.3) is 0 Å². The largest absolute Gasteiger partial charge is 0.379 e. The Labute approximate surface area is 100 Å². The van der Waals surface area contributed by atoms with Crippen LogP contribution < -0.4 is 0 Å². The predicted molar refractivity (Wildman–Crippen MR) is 60.4 cm³/mol. The van der Waals surface area contributed by atoms with Gasteiger partial charge < -0.3 is 14.7 Å². The van der Waals surface area contributed by atoms with E-state index < -0.39 is 5.60 Å². The van der Waals surface area contributed by atoms with E-state index in [1.807, 2.05) is 10.9 Å². The number of likely N-dealkylation sites (tertiary alicyclic amines) is 1. The van der Waals surface area contributed by atoms with Crippen molar-refractivity contribution in [3.63, 3.8) is 0 Å². The Morgan fingerprint density at radius 2 is 2.24 bits per heavy atom. The van der Waals surface area contributed by atoms with E-state index in [1.54, 1.807) is 0 Å². The van der Waals surface area contributed by atoms with Crippen LogP contribution in [0.15, 0.2) is 6.20 Å². The molecule has 17 heavy (non-hydrogen) atoms. The SMILES string of the molecule is CC1CN(C)CC1n1cc(C2(O)COC2)nn1. The zero-order valence-electron chi connectivity index (χ0n) is 10.2. The van der Waals surface area contributed by atoms with Crippen molar-refractivity contribution in [2.75, 3.05) is 33.4 Å². The summed E-state index contributed by atoms with van der Waals surface area (Å²) in [4.78, 5) is 2.29. The highest BCUT2D eigenvalue weighted by atomic mass is 16.5. The summed E-state index contributed by atoms with van der Waals surface area (Å²) in [5.41, 5.74) is -0.281. The maximum Gasteiger partial charge on any atom is 0.156 e. The minimum atomic E-state index is -0.911. The van der Waals surface area contributed by atoms with E-state index in [4.69, 9.17) is 4.74 Å². The lowest BCUT2D eigenvalue weighted by molar-refractivity contribution is -0.186. The van der Waals surface area contributed by atoms with Crippen LogP contribution in [0, 0.1) is 5.92 Å². The van der Waals surface area contributed by atoms with E-state index in [0.29, 0.717) is 30.9 Å². The molecule has 2 aliphatic rings. The molecular formula is C11H18N4O2. The fourth-order valence-corrected chi connectivity index (χ4v) is 2.63. The van der Waals surface area contributed by atoms with Gasteiger partial charge in [0.15, 0.2) is 5.60 Å². The van der Waals surface area contributed by atoms with Crippen molar-refractivity contribution in [1.29, 1.82) is 0 Å². The van der Waals surface area contributed by atoms with E-state index in [2.05, 4.69) is 29.2 Å². The van der Waals surface area contributed by atoms with Crippen LogP contribution in [0.4, 0.5) is 0 Å². The van der Waals surface area contributed by atoms with Gasteiger partial charge in [0.05, 0.1) is 25.5 Å². The third-order valence-electron chi connectivity index (χ3n) is 3.76. The van der Waals surface area contributed by atoms with Crippen molar-refractivity contribution in [3.05, 3.63) is 11.9 Å². The van der Waals surface area contributed by atoms with Gasteiger partial charge in [0, 0.05) is 13.1 Å². The van der Waals surface area contributed by atoms with Crippen molar-refractivity contribution in [2.45, 2.75) is 18.6 Å². The Morgan fingerprint density at radius 1 is 1.47 bits per heavy atom. The standard InChI is InChI=1S/C11H18N4O2/c1-8-3-14(2)4-9(8)15-5-10(12-13-15)11(16)6-17-7-11/h5,8-9,16H,3-4,6-7H2,1-2H3. The molecule has 94 valence electrons. The molecule has 0 bridgehead atoms. The summed E-state index contributed by atoms with van der Waals surface area (Å²) in [6.07, 6.45) is 1.86. The molecule has 0 saturated carbocycles. The van der Waals surface area contributed by atoms with Gasteiger partial charge in [-0.2, -0.15) is 0 Å². The number of aromatic nitrogens is 3. The van der Waals surface area contributed by atoms with Crippen molar-refractivity contribution >= 4 is 0 Å². The van der Waals surface area contributed by atoms with Crippen LogP contribution in [0.1, 0.15) is 18.7 Å². The number of aliphatic hydroxyl groups is 1. The monoisotopic (exact) mass is 238 g/mol. The summed E-state index contributed by atoms with van der Waals surface area (Å²) < 4.78 is 6.92. The number of ether oxygens (including phenoxy) is 1. The van der Waals surface area contributed by atoms with E-state index in [1.165, 1.54) is 0 Å². The fraction of sp³-hybridized carbons (Fsp3) is 0.818. The minimum absolute atomic E-state index is 0.325. The van der Waals surface area contributed by atoms with Gasteiger partial charge in [-0.05, 0) is 13.0 Å². The molecule has 6 nitrogen and oxygen atoms in total. The molecule has 2 aliphatic heterocycles. The average Bonchev–Trinajstić information content (AvgIpc) is 2.81. The number of hydrogen-bond donors (Lipinski definition) is 1. The predicted octanol–water partition coefficient (Wildman–Crippen LogP) is -0.382. The number of hydrogen-bond acceptors (Lipinski definition) is 5. The Morgan fingerprint density at radius 3 is 2.76 bits per heavy atom. The molecule has 3 rings (SSSR count). The highest BCUT2D eigenvalue weighted by Crippen LogP contribution is 2.30. The van der Waals surface area contributed by atoms with Crippen LogP contribution in [0.25, 0.3) is 0 Å². The summed E-state index contributed by atoms with van der Waals surface area (Å²) in [5.74, 6) is 0.557. The van der Waals surface area contributed by atoms with E-state index in [9.17, 15) is 5.11 Å². The molecule has 1 N–H and O–H groups in total. The van der Waals surface area contributed by atoms with Crippen molar-refractivity contribution in [1.82, 2.24) is 19.9 Å². The lowest BCUT2D eigenvalue weighted by atomic mass is 9.99. The molecule has 1 aromatic heterocycles. The summed E-state index contributed by atoms with van der Waals surface area (Å²) in [5, 5.41) is 18.3. The first-order valence-corrected chi connectivity index (χ1v) is 5.99. The first kappa shape index (κ1) is 11.1. The van der Waals surface area contributed by atoms with Crippen LogP contribution in [0.5, 0.6) is 0 Å². The Balaban J connectivity index is 1.80. The van der Waals surface area contributed by atoms with Gasteiger partial charge in [0.2, 0.25) is 0 Å². The summed E-state index contributed by atoms with van der Waals surface area (Å²) in [6.45, 7) is 4.93. The van der Waals surface area contributed by atoms with Gasteiger partial charge >= 0.3 is 0 Å². The van der Waals surface area contributed by atoms with Crippen LogP contribution in [-0.2, 0) is 10.3 Å². The summed E-state index contributed by atoms with van der Waals surface area (Å²) >= 11 is 0. The quantitative estimate of drug-likeness (QED) is 0.761. The topological polar surface area (TPSA) is 63.4 Å². The highest BCUT2D eigenvalue weighted by Gasteiger charge is 2.41. The van der Waals surface area contributed by atoms with Gasteiger partial charge in [0.1, 0.15) is 5.69 Å². The van der Waals surface area contributed by atoms with Crippen molar-refractivity contribution < 1.29 is 9.84 Å². The molecule has 6 heteroatoms. The lowest BCUT2D eigenvalue weighted by Crippen LogP contribution is -2.46. The Kier molecular flexibility index (Phi) is 2.46. The molecule has 2 saturated heterocycles. The zero-order valence-corrected chi connectivity index (χ0v) is 10.2. The Bertz CT molecular complexity index is 415. The Hall–Kier alpha value is -0.980. The lowest BCUT2D eigenvalue weighted by Gasteiger charge is -2.34. The number of rotatable bonds is 2. The number of likely N-dealkylation sites (N-methyl/N-ethyl adjacent to an activating group) is 1.